The van der Waals surface area contributed by atoms with Crippen molar-refractivity contribution in [2.45, 2.75) is 6.42 Å². The first-order valence-corrected chi connectivity index (χ1v) is 10.3. The molecule has 0 unspecified atom stereocenters. The second-order valence-corrected chi connectivity index (χ2v) is 7.27. The van der Waals surface area contributed by atoms with Crippen LogP contribution < -0.4 is 10.6 Å². The summed E-state index contributed by atoms with van der Waals surface area (Å²) < 4.78 is 0. The van der Waals surface area contributed by atoms with Crippen LogP contribution in [0, 0.1) is 0 Å². The molecule has 0 aliphatic heterocycles. The van der Waals surface area contributed by atoms with Gasteiger partial charge in [0.2, 0.25) is 5.91 Å². The second kappa shape index (κ2) is 9.15. The van der Waals surface area contributed by atoms with Crippen LogP contribution in [0.15, 0.2) is 71.4 Å². The monoisotopic (exact) mass is 417 g/mol. The van der Waals surface area contributed by atoms with Gasteiger partial charge in [0.1, 0.15) is 0 Å². The fourth-order valence-corrected chi connectivity index (χ4v) is 3.53. The lowest BCUT2D eigenvalue weighted by Gasteiger charge is -2.09. The summed E-state index contributed by atoms with van der Waals surface area (Å²) >= 11 is 1.46. The van der Waals surface area contributed by atoms with Gasteiger partial charge in [0.25, 0.3) is 5.91 Å². The van der Waals surface area contributed by atoms with Gasteiger partial charge in [-0.15, -0.1) is 0 Å². The van der Waals surface area contributed by atoms with Crippen LogP contribution in [0.2, 0.25) is 0 Å². The quantitative estimate of drug-likeness (QED) is 0.424. The number of carbonyl (C=O) groups excluding carboxylic acids is 2. The lowest BCUT2D eigenvalue weighted by molar-refractivity contribution is -0.116. The number of carbonyl (C=O) groups is 2. The minimum atomic E-state index is -0.198. The molecule has 4 rings (SSSR count). The van der Waals surface area contributed by atoms with E-state index in [1.807, 2.05) is 60.0 Å². The Bertz CT molecular complexity index is 1140. The number of aromatic amines is 1. The number of hydrogen-bond acceptors (Lipinski definition) is 5. The molecule has 0 atom stereocenters. The molecule has 0 spiro atoms. The Labute approximate surface area is 177 Å². The number of benzene rings is 2. The van der Waals surface area contributed by atoms with E-state index in [1.165, 1.54) is 11.3 Å². The Hall–Kier alpha value is -3.78. The Balaban J connectivity index is 1.40. The molecular weight excluding hydrogens is 398 g/mol. The van der Waals surface area contributed by atoms with Crippen molar-refractivity contribution < 1.29 is 9.59 Å². The third-order valence-electron chi connectivity index (χ3n) is 4.39. The highest BCUT2D eigenvalue weighted by molar-refractivity contribution is 7.08. The molecule has 4 aromatic rings. The van der Waals surface area contributed by atoms with Gasteiger partial charge in [-0.05, 0) is 23.6 Å². The molecule has 2 heterocycles. The molecule has 0 saturated heterocycles. The molecule has 0 fully saturated rings. The van der Waals surface area contributed by atoms with Crippen LogP contribution in [0.3, 0.4) is 0 Å². The molecule has 2 amide bonds. The Morgan fingerprint density at radius 1 is 1.00 bits per heavy atom. The van der Waals surface area contributed by atoms with Crippen molar-refractivity contribution >= 4 is 28.8 Å². The van der Waals surface area contributed by atoms with Crippen LogP contribution in [0.1, 0.15) is 16.8 Å². The molecule has 0 aliphatic carbocycles. The number of hydrogen-bond donors (Lipinski definition) is 3. The van der Waals surface area contributed by atoms with Crippen molar-refractivity contribution in [3.63, 3.8) is 0 Å². The fourth-order valence-electron chi connectivity index (χ4n) is 2.90. The van der Waals surface area contributed by atoms with Crippen molar-refractivity contribution in [2.75, 3.05) is 11.9 Å². The number of nitrogens with zero attached hydrogens (tertiary/aromatic N) is 2. The van der Waals surface area contributed by atoms with E-state index < -0.39 is 0 Å². The summed E-state index contributed by atoms with van der Waals surface area (Å²) in [5.41, 5.74) is 2.87. The van der Waals surface area contributed by atoms with E-state index in [4.69, 9.17) is 0 Å². The van der Waals surface area contributed by atoms with Gasteiger partial charge in [-0.25, -0.2) is 4.98 Å². The largest absolute Gasteiger partial charge is 0.351 e. The fraction of sp³-hybridized carbons (Fsp3) is 0.0909. The molecule has 2 aromatic heterocycles. The maximum Gasteiger partial charge on any atom is 0.252 e. The van der Waals surface area contributed by atoms with Gasteiger partial charge in [0, 0.05) is 35.0 Å². The third-order valence-corrected chi connectivity index (χ3v) is 5.08. The predicted molar refractivity (Wildman–Crippen MR) is 117 cm³/mol. The zero-order valence-electron chi connectivity index (χ0n) is 16.0. The minimum absolute atomic E-state index is 0.163. The number of rotatable bonds is 7. The van der Waals surface area contributed by atoms with Crippen LogP contribution in [0.4, 0.5) is 5.69 Å². The topological polar surface area (TPSA) is 99.8 Å². The first-order chi connectivity index (χ1) is 14.7. The van der Waals surface area contributed by atoms with Crippen molar-refractivity contribution in [1.29, 1.82) is 0 Å². The summed E-state index contributed by atoms with van der Waals surface area (Å²) in [4.78, 5) is 28.9. The van der Waals surface area contributed by atoms with E-state index >= 15 is 0 Å². The summed E-state index contributed by atoms with van der Waals surface area (Å²) in [6, 6.07) is 18.8. The lowest BCUT2D eigenvalue weighted by Crippen LogP contribution is -2.27. The molecule has 30 heavy (non-hydrogen) atoms. The molecule has 0 bridgehead atoms. The van der Waals surface area contributed by atoms with Gasteiger partial charge in [0.15, 0.2) is 11.6 Å². The van der Waals surface area contributed by atoms with Crippen LogP contribution in [-0.4, -0.2) is 33.5 Å². The van der Waals surface area contributed by atoms with Crippen LogP contribution in [-0.2, 0) is 4.79 Å². The average Bonchev–Trinajstić information content (AvgIpc) is 3.47. The number of para-hydroxylation sites is 1. The van der Waals surface area contributed by atoms with Crippen molar-refractivity contribution in [2.24, 2.45) is 0 Å². The number of aromatic nitrogens is 3. The van der Waals surface area contributed by atoms with Crippen molar-refractivity contribution in [1.82, 2.24) is 20.5 Å². The van der Waals surface area contributed by atoms with Gasteiger partial charge in [-0.2, -0.15) is 16.4 Å². The predicted octanol–water partition coefficient (Wildman–Crippen LogP) is 3.96. The first-order valence-electron chi connectivity index (χ1n) is 9.38. The van der Waals surface area contributed by atoms with E-state index in [-0.39, 0.29) is 24.8 Å². The number of amides is 2. The summed E-state index contributed by atoms with van der Waals surface area (Å²) in [5, 5.41) is 16.5. The zero-order valence-corrected chi connectivity index (χ0v) is 16.8. The standard InChI is InChI=1S/C22H19N5O2S/c28-19(10-12-23-22(29)16-11-13-30-14-16)24-18-9-5-4-8-17(18)21-25-20(26-27-21)15-6-2-1-3-7-15/h1-9,11,13-14H,10,12H2,(H,23,29)(H,24,28)(H,25,26,27). The maximum absolute atomic E-state index is 12.4. The molecule has 8 heteroatoms. The van der Waals surface area contributed by atoms with Gasteiger partial charge in [-0.3, -0.25) is 14.7 Å². The molecule has 0 radical (unpaired) electrons. The van der Waals surface area contributed by atoms with E-state index in [0.29, 0.717) is 22.9 Å². The van der Waals surface area contributed by atoms with E-state index in [9.17, 15) is 9.59 Å². The van der Waals surface area contributed by atoms with E-state index in [2.05, 4.69) is 25.8 Å². The van der Waals surface area contributed by atoms with Gasteiger partial charge >= 0.3 is 0 Å². The van der Waals surface area contributed by atoms with E-state index in [0.717, 1.165) is 11.1 Å². The van der Waals surface area contributed by atoms with Gasteiger partial charge in [0.05, 0.1) is 5.69 Å². The summed E-state index contributed by atoms with van der Waals surface area (Å²) in [6.45, 7) is 0.253. The molecule has 0 aliphatic rings. The first kappa shape index (κ1) is 19.5. The molecule has 3 N–H and O–H groups in total. The van der Waals surface area contributed by atoms with E-state index in [1.54, 1.807) is 11.4 Å². The highest BCUT2D eigenvalue weighted by Crippen LogP contribution is 2.26. The van der Waals surface area contributed by atoms with Gasteiger partial charge in [-0.1, -0.05) is 42.5 Å². The normalized spacial score (nSPS) is 10.5. The Kier molecular flexibility index (Phi) is 5.95. The molecule has 2 aromatic carbocycles. The molecule has 150 valence electrons. The number of nitrogens with one attached hydrogen (secondary N) is 3. The highest BCUT2D eigenvalue weighted by Gasteiger charge is 2.13. The summed E-state index contributed by atoms with van der Waals surface area (Å²) in [5.74, 6) is 0.772. The van der Waals surface area contributed by atoms with Crippen LogP contribution in [0.25, 0.3) is 22.8 Å². The summed E-state index contributed by atoms with van der Waals surface area (Å²) in [7, 11) is 0. The minimum Gasteiger partial charge on any atom is -0.351 e. The van der Waals surface area contributed by atoms with Crippen molar-refractivity contribution in [3.05, 3.63) is 77.0 Å². The molecule has 0 saturated carbocycles. The number of anilines is 1. The molecule has 7 nitrogen and oxygen atoms in total. The van der Waals surface area contributed by atoms with Crippen molar-refractivity contribution in [3.8, 4) is 22.8 Å². The third kappa shape index (κ3) is 4.61. The lowest BCUT2D eigenvalue weighted by atomic mass is 10.1. The number of H-pyrrole nitrogens is 1. The highest BCUT2D eigenvalue weighted by atomic mass is 32.1. The summed E-state index contributed by atoms with van der Waals surface area (Å²) in [6.07, 6.45) is 0.163. The Morgan fingerprint density at radius 2 is 1.80 bits per heavy atom. The Morgan fingerprint density at radius 3 is 2.60 bits per heavy atom. The van der Waals surface area contributed by atoms with Gasteiger partial charge < -0.3 is 10.6 Å². The number of thiophene rings is 1. The smallest absolute Gasteiger partial charge is 0.252 e. The van der Waals surface area contributed by atoms with Crippen LogP contribution in [0.5, 0.6) is 0 Å². The maximum atomic E-state index is 12.4. The molecular formula is C22H19N5O2S. The zero-order chi connectivity index (χ0) is 20.8. The van der Waals surface area contributed by atoms with Crippen LogP contribution >= 0.6 is 11.3 Å². The SMILES string of the molecule is O=C(CCNC(=O)c1ccsc1)Nc1ccccc1-c1nc(-c2ccccc2)n[nH]1. The average molecular weight is 417 g/mol. The second-order valence-electron chi connectivity index (χ2n) is 6.49.